The standard InChI is InChI=1S/C27H18N2O3/c1-15(30)27-19-11-5-3-9-17(19)22(18-10-4-6-12-20(18)27)23-24(27)26(32)29(25(23)31)21-13-7-2-8-16(21)14-28/h2-13,22-24H,1H3. The van der Waals surface area contributed by atoms with E-state index in [0.717, 1.165) is 27.2 Å². The molecule has 154 valence electrons. The molecule has 2 amide bonds. The second kappa shape index (κ2) is 6.24. The van der Waals surface area contributed by atoms with Gasteiger partial charge in [-0.15, -0.1) is 0 Å². The minimum Gasteiger partial charge on any atom is -0.299 e. The number of ketones is 1. The van der Waals surface area contributed by atoms with Crippen molar-refractivity contribution in [2.45, 2.75) is 18.3 Å². The summed E-state index contributed by atoms with van der Waals surface area (Å²) in [5.41, 5.74) is 2.80. The Kier molecular flexibility index (Phi) is 3.65. The van der Waals surface area contributed by atoms with Crippen LogP contribution >= 0.6 is 0 Å². The number of Topliss-reactive ketones (excluding diaryl/α,β-unsaturated/α-hetero) is 1. The smallest absolute Gasteiger partial charge is 0.239 e. The molecule has 1 fully saturated rings. The lowest BCUT2D eigenvalue weighted by Gasteiger charge is -2.52. The van der Waals surface area contributed by atoms with E-state index >= 15 is 0 Å². The summed E-state index contributed by atoms with van der Waals surface area (Å²) in [6.45, 7) is 1.51. The Morgan fingerprint density at radius 3 is 2.03 bits per heavy atom. The van der Waals surface area contributed by atoms with Crippen LogP contribution in [0.1, 0.15) is 40.7 Å². The highest BCUT2D eigenvalue weighted by atomic mass is 16.2. The highest BCUT2D eigenvalue weighted by Gasteiger charge is 2.70. The van der Waals surface area contributed by atoms with Crippen LogP contribution in [0.25, 0.3) is 0 Å². The van der Waals surface area contributed by atoms with E-state index in [1.165, 1.54) is 6.92 Å². The van der Waals surface area contributed by atoms with Gasteiger partial charge in [0, 0.05) is 5.92 Å². The number of carbonyl (C=O) groups is 3. The number of nitriles is 1. The highest BCUT2D eigenvalue weighted by Crippen LogP contribution is 2.64. The van der Waals surface area contributed by atoms with E-state index < -0.39 is 23.2 Å². The van der Waals surface area contributed by atoms with E-state index in [1.54, 1.807) is 24.3 Å². The number of carbonyl (C=O) groups excluding carboxylic acids is 3. The van der Waals surface area contributed by atoms with Crippen molar-refractivity contribution in [2.24, 2.45) is 11.8 Å². The van der Waals surface area contributed by atoms with Crippen LogP contribution in [0.5, 0.6) is 0 Å². The molecule has 3 aromatic rings. The molecular formula is C27H18N2O3. The number of hydrogen-bond acceptors (Lipinski definition) is 4. The number of imide groups is 1. The minimum atomic E-state index is -1.23. The predicted molar refractivity (Wildman–Crippen MR) is 117 cm³/mol. The van der Waals surface area contributed by atoms with Gasteiger partial charge in [-0.1, -0.05) is 60.7 Å². The maximum atomic E-state index is 14.0. The summed E-state index contributed by atoms with van der Waals surface area (Å²) >= 11 is 0. The van der Waals surface area contributed by atoms with Gasteiger partial charge in [-0.25, -0.2) is 4.90 Å². The fourth-order valence-electron chi connectivity index (χ4n) is 6.37. The molecule has 0 N–H and O–H groups in total. The van der Waals surface area contributed by atoms with E-state index in [-0.39, 0.29) is 28.9 Å². The number of benzene rings is 3. The first-order valence-electron chi connectivity index (χ1n) is 10.6. The first-order valence-corrected chi connectivity index (χ1v) is 10.6. The van der Waals surface area contributed by atoms with Gasteiger partial charge in [-0.3, -0.25) is 14.4 Å². The van der Waals surface area contributed by atoms with E-state index in [9.17, 15) is 19.6 Å². The fourth-order valence-corrected chi connectivity index (χ4v) is 6.37. The Labute approximate surface area is 184 Å². The third kappa shape index (κ3) is 1.95. The van der Waals surface area contributed by atoms with Crippen LogP contribution in [0.4, 0.5) is 5.69 Å². The molecule has 0 saturated carbocycles. The van der Waals surface area contributed by atoms with Gasteiger partial charge in [0.1, 0.15) is 11.9 Å². The number of hydrogen-bond donors (Lipinski definition) is 0. The monoisotopic (exact) mass is 418 g/mol. The summed E-state index contributed by atoms with van der Waals surface area (Å²) in [7, 11) is 0. The van der Waals surface area contributed by atoms with Crippen LogP contribution in [0.3, 0.4) is 0 Å². The number of amides is 2. The van der Waals surface area contributed by atoms with E-state index in [2.05, 4.69) is 6.07 Å². The SMILES string of the molecule is CC(=O)C12c3ccccc3C(c3ccccc31)C1C(=O)N(c3ccccc3C#N)C(=O)C12. The van der Waals surface area contributed by atoms with Crippen molar-refractivity contribution in [1.29, 1.82) is 5.26 Å². The Balaban J connectivity index is 1.69. The van der Waals surface area contributed by atoms with Crippen LogP contribution in [0.15, 0.2) is 72.8 Å². The molecule has 5 nitrogen and oxygen atoms in total. The zero-order valence-electron chi connectivity index (χ0n) is 17.3. The molecule has 0 aromatic heterocycles. The summed E-state index contributed by atoms with van der Waals surface area (Å²) in [6, 6.07) is 24.1. The average Bonchev–Trinajstić information content (AvgIpc) is 3.09. The number of nitrogens with zero attached hydrogens (tertiary/aromatic N) is 2. The molecule has 7 rings (SSSR count). The van der Waals surface area contributed by atoms with Gasteiger partial charge in [-0.2, -0.15) is 5.26 Å². The summed E-state index contributed by atoms with van der Waals surface area (Å²) in [6.07, 6.45) is 0. The van der Waals surface area contributed by atoms with Crippen molar-refractivity contribution in [1.82, 2.24) is 0 Å². The molecule has 1 heterocycles. The van der Waals surface area contributed by atoms with Gasteiger partial charge in [-0.05, 0) is 41.3 Å². The van der Waals surface area contributed by atoms with Crippen molar-refractivity contribution >= 4 is 23.3 Å². The molecule has 0 radical (unpaired) electrons. The van der Waals surface area contributed by atoms with Crippen LogP contribution in [0, 0.1) is 23.2 Å². The van der Waals surface area contributed by atoms with Gasteiger partial charge in [0.15, 0.2) is 0 Å². The molecule has 3 aliphatic carbocycles. The molecule has 2 atom stereocenters. The van der Waals surface area contributed by atoms with Crippen molar-refractivity contribution in [2.75, 3.05) is 4.90 Å². The third-order valence-electron chi connectivity index (χ3n) is 7.44. The second-order valence-electron chi connectivity index (χ2n) is 8.66. The summed E-state index contributed by atoms with van der Waals surface area (Å²) in [4.78, 5) is 42.5. The third-order valence-corrected chi connectivity index (χ3v) is 7.44. The van der Waals surface area contributed by atoms with Gasteiger partial charge < -0.3 is 0 Å². The largest absolute Gasteiger partial charge is 0.299 e. The first-order chi connectivity index (χ1) is 15.5. The molecule has 3 aromatic carbocycles. The van der Waals surface area contributed by atoms with Crippen LogP contribution in [-0.4, -0.2) is 17.6 Å². The van der Waals surface area contributed by atoms with E-state index in [4.69, 9.17) is 0 Å². The van der Waals surface area contributed by atoms with Crippen LogP contribution < -0.4 is 4.90 Å². The molecule has 32 heavy (non-hydrogen) atoms. The molecule has 4 aliphatic rings. The lowest BCUT2D eigenvalue weighted by Crippen LogP contribution is -2.57. The number of para-hydroxylation sites is 1. The second-order valence-corrected chi connectivity index (χ2v) is 8.66. The number of anilines is 1. The molecule has 0 spiro atoms. The molecule has 2 unspecified atom stereocenters. The quantitative estimate of drug-likeness (QED) is 0.595. The zero-order valence-corrected chi connectivity index (χ0v) is 17.3. The van der Waals surface area contributed by atoms with Crippen molar-refractivity contribution in [3.8, 4) is 6.07 Å². The van der Waals surface area contributed by atoms with Gasteiger partial charge >= 0.3 is 0 Å². The minimum absolute atomic E-state index is 0.151. The fraction of sp³-hybridized carbons (Fsp3) is 0.185. The van der Waals surface area contributed by atoms with Crippen LogP contribution in [0.2, 0.25) is 0 Å². The Bertz CT molecular complexity index is 1350. The van der Waals surface area contributed by atoms with E-state index in [1.807, 2.05) is 48.5 Å². The van der Waals surface area contributed by atoms with E-state index in [0.29, 0.717) is 0 Å². The Hall–Kier alpha value is -4.04. The van der Waals surface area contributed by atoms with Gasteiger partial charge in [0.05, 0.1) is 28.5 Å². The maximum Gasteiger partial charge on any atom is 0.239 e. The maximum absolute atomic E-state index is 14.0. The summed E-state index contributed by atoms with van der Waals surface area (Å²) in [5.74, 6) is -2.75. The van der Waals surface area contributed by atoms with Gasteiger partial charge in [0.2, 0.25) is 11.8 Å². The molecule has 1 saturated heterocycles. The molecule has 5 heteroatoms. The summed E-state index contributed by atoms with van der Waals surface area (Å²) < 4.78 is 0. The number of rotatable bonds is 2. The predicted octanol–water partition coefficient (Wildman–Crippen LogP) is 3.70. The summed E-state index contributed by atoms with van der Waals surface area (Å²) in [5, 5.41) is 9.60. The molecule has 1 aliphatic heterocycles. The Morgan fingerprint density at radius 1 is 0.875 bits per heavy atom. The molecular weight excluding hydrogens is 400 g/mol. The van der Waals surface area contributed by atoms with Crippen molar-refractivity contribution < 1.29 is 14.4 Å². The first kappa shape index (κ1) is 18.7. The highest BCUT2D eigenvalue weighted by molar-refractivity contribution is 6.26. The lowest BCUT2D eigenvalue weighted by molar-refractivity contribution is -0.132. The topological polar surface area (TPSA) is 78.2 Å². The molecule has 2 bridgehead atoms. The van der Waals surface area contributed by atoms with Crippen LogP contribution in [-0.2, 0) is 19.8 Å². The van der Waals surface area contributed by atoms with Crippen molar-refractivity contribution in [3.05, 3.63) is 101 Å². The zero-order chi connectivity index (χ0) is 22.2. The van der Waals surface area contributed by atoms with Gasteiger partial charge in [0.25, 0.3) is 0 Å². The average molecular weight is 418 g/mol. The normalized spacial score (nSPS) is 26.9. The lowest BCUT2D eigenvalue weighted by atomic mass is 9.46. The van der Waals surface area contributed by atoms with Crippen molar-refractivity contribution in [3.63, 3.8) is 0 Å². The Morgan fingerprint density at radius 2 is 1.44 bits per heavy atom.